The smallest absolute Gasteiger partial charge is 0.224 e. The SMILES string of the molecule is CN(C)C(=O)CC(NC(=O)C[C@@H](N)Cc1ccccc1)c1ccccc1. The van der Waals surface area contributed by atoms with E-state index in [-0.39, 0.29) is 36.7 Å². The molecule has 2 rings (SSSR count). The highest BCUT2D eigenvalue weighted by atomic mass is 16.2. The maximum atomic E-state index is 12.5. The van der Waals surface area contributed by atoms with Crippen LogP contribution in [0, 0.1) is 0 Å². The van der Waals surface area contributed by atoms with Crippen molar-refractivity contribution < 1.29 is 9.59 Å². The Morgan fingerprint density at radius 1 is 0.962 bits per heavy atom. The molecule has 0 aromatic heterocycles. The summed E-state index contributed by atoms with van der Waals surface area (Å²) in [4.78, 5) is 26.1. The van der Waals surface area contributed by atoms with Crippen molar-refractivity contribution in [3.63, 3.8) is 0 Å². The molecule has 0 aliphatic carbocycles. The Bertz CT molecular complexity index is 702. The van der Waals surface area contributed by atoms with Gasteiger partial charge in [-0.1, -0.05) is 60.7 Å². The summed E-state index contributed by atoms with van der Waals surface area (Å²) in [5, 5.41) is 2.97. The Morgan fingerprint density at radius 3 is 2.12 bits per heavy atom. The Hall–Kier alpha value is -2.66. The molecule has 5 heteroatoms. The van der Waals surface area contributed by atoms with Gasteiger partial charge in [-0.3, -0.25) is 9.59 Å². The molecule has 26 heavy (non-hydrogen) atoms. The first-order valence-electron chi connectivity index (χ1n) is 8.79. The molecule has 0 aliphatic heterocycles. The van der Waals surface area contributed by atoms with E-state index in [9.17, 15) is 9.59 Å². The van der Waals surface area contributed by atoms with Crippen LogP contribution in [0.4, 0.5) is 0 Å². The normalized spacial score (nSPS) is 12.9. The van der Waals surface area contributed by atoms with Crippen molar-refractivity contribution in [2.75, 3.05) is 14.1 Å². The van der Waals surface area contributed by atoms with Crippen LogP contribution in [0.15, 0.2) is 60.7 Å². The molecule has 3 N–H and O–H groups in total. The van der Waals surface area contributed by atoms with E-state index in [1.54, 1.807) is 14.1 Å². The number of nitrogens with one attached hydrogen (secondary N) is 1. The highest BCUT2D eigenvalue weighted by molar-refractivity contribution is 5.80. The topological polar surface area (TPSA) is 75.4 Å². The molecule has 0 heterocycles. The Balaban J connectivity index is 1.98. The zero-order valence-electron chi connectivity index (χ0n) is 15.4. The second kappa shape index (κ2) is 9.73. The van der Waals surface area contributed by atoms with E-state index in [0.29, 0.717) is 6.42 Å². The van der Waals surface area contributed by atoms with Gasteiger partial charge in [0.05, 0.1) is 12.5 Å². The van der Waals surface area contributed by atoms with Gasteiger partial charge >= 0.3 is 0 Å². The molecular formula is C21H27N3O2. The van der Waals surface area contributed by atoms with Crippen molar-refractivity contribution >= 4 is 11.8 Å². The lowest BCUT2D eigenvalue weighted by Gasteiger charge is -2.22. The molecule has 0 bridgehead atoms. The van der Waals surface area contributed by atoms with Gasteiger partial charge in [0.25, 0.3) is 0 Å². The first kappa shape index (κ1) is 19.7. The molecule has 138 valence electrons. The van der Waals surface area contributed by atoms with Gasteiger partial charge in [-0.2, -0.15) is 0 Å². The number of rotatable bonds is 8. The first-order valence-corrected chi connectivity index (χ1v) is 8.79. The third kappa shape index (κ3) is 6.33. The number of nitrogens with zero attached hydrogens (tertiary/aromatic N) is 1. The van der Waals surface area contributed by atoms with E-state index in [2.05, 4.69) is 5.32 Å². The molecule has 0 radical (unpaired) electrons. The lowest BCUT2D eigenvalue weighted by atomic mass is 10.0. The molecule has 0 spiro atoms. The maximum absolute atomic E-state index is 12.5. The predicted octanol–water partition coefficient (Wildman–Crippen LogP) is 2.28. The van der Waals surface area contributed by atoms with Crippen LogP contribution in [0.25, 0.3) is 0 Å². The third-order valence-corrected chi connectivity index (χ3v) is 4.20. The van der Waals surface area contributed by atoms with Gasteiger partial charge < -0.3 is 16.0 Å². The van der Waals surface area contributed by atoms with Crippen LogP contribution >= 0.6 is 0 Å². The van der Waals surface area contributed by atoms with Crippen LogP contribution in [0.1, 0.15) is 30.0 Å². The van der Waals surface area contributed by atoms with E-state index < -0.39 is 0 Å². The van der Waals surface area contributed by atoms with Crippen LogP contribution in [0.2, 0.25) is 0 Å². The van der Waals surface area contributed by atoms with Gasteiger partial charge in [-0.15, -0.1) is 0 Å². The molecule has 2 aromatic rings. The zero-order chi connectivity index (χ0) is 18.9. The zero-order valence-corrected chi connectivity index (χ0v) is 15.4. The van der Waals surface area contributed by atoms with E-state index in [1.807, 2.05) is 60.7 Å². The second-order valence-electron chi connectivity index (χ2n) is 6.68. The second-order valence-corrected chi connectivity index (χ2v) is 6.68. The number of carbonyl (C=O) groups excluding carboxylic acids is 2. The number of benzene rings is 2. The Kier molecular flexibility index (Phi) is 7.36. The fourth-order valence-electron chi connectivity index (χ4n) is 2.78. The summed E-state index contributed by atoms with van der Waals surface area (Å²) >= 11 is 0. The maximum Gasteiger partial charge on any atom is 0.224 e. The fourth-order valence-corrected chi connectivity index (χ4v) is 2.78. The predicted molar refractivity (Wildman–Crippen MR) is 103 cm³/mol. The largest absolute Gasteiger partial charge is 0.349 e. The van der Waals surface area contributed by atoms with E-state index >= 15 is 0 Å². The van der Waals surface area contributed by atoms with Gasteiger partial charge in [0.2, 0.25) is 11.8 Å². The quantitative estimate of drug-likeness (QED) is 0.764. The number of nitrogens with two attached hydrogens (primary N) is 1. The lowest BCUT2D eigenvalue weighted by Crippen LogP contribution is -2.37. The average Bonchev–Trinajstić information content (AvgIpc) is 2.62. The van der Waals surface area contributed by atoms with Crippen molar-refractivity contribution in [2.45, 2.75) is 31.3 Å². The monoisotopic (exact) mass is 353 g/mol. The van der Waals surface area contributed by atoms with Crippen molar-refractivity contribution in [1.29, 1.82) is 0 Å². The summed E-state index contributed by atoms with van der Waals surface area (Å²) in [5.41, 5.74) is 8.15. The minimum absolute atomic E-state index is 0.0345. The number of hydrogen-bond donors (Lipinski definition) is 2. The first-order chi connectivity index (χ1) is 12.5. The molecule has 0 saturated carbocycles. The number of carbonyl (C=O) groups is 2. The average molecular weight is 353 g/mol. The summed E-state index contributed by atoms with van der Waals surface area (Å²) in [6.07, 6.45) is 1.08. The van der Waals surface area contributed by atoms with Crippen molar-refractivity contribution in [1.82, 2.24) is 10.2 Å². The summed E-state index contributed by atoms with van der Waals surface area (Å²) in [7, 11) is 3.42. The van der Waals surface area contributed by atoms with Gasteiger partial charge in [-0.05, 0) is 17.5 Å². The highest BCUT2D eigenvalue weighted by Crippen LogP contribution is 2.18. The lowest BCUT2D eigenvalue weighted by molar-refractivity contribution is -0.129. The van der Waals surface area contributed by atoms with Crippen LogP contribution < -0.4 is 11.1 Å². The van der Waals surface area contributed by atoms with Crippen molar-refractivity contribution in [3.8, 4) is 0 Å². The Labute approximate surface area is 155 Å². The summed E-state index contributed by atoms with van der Waals surface area (Å²) in [6.45, 7) is 0. The van der Waals surface area contributed by atoms with Crippen LogP contribution in [0.5, 0.6) is 0 Å². The molecule has 5 nitrogen and oxygen atoms in total. The molecule has 0 fully saturated rings. The van der Waals surface area contributed by atoms with Gasteiger partial charge in [0.1, 0.15) is 0 Å². The molecule has 2 atom stereocenters. The van der Waals surface area contributed by atoms with Gasteiger partial charge in [0, 0.05) is 26.6 Å². The van der Waals surface area contributed by atoms with Gasteiger partial charge in [0.15, 0.2) is 0 Å². The highest BCUT2D eigenvalue weighted by Gasteiger charge is 2.20. The molecule has 0 saturated heterocycles. The molecule has 2 aromatic carbocycles. The third-order valence-electron chi connectivity index (χ3n) is 4.20. The fraction of sp³-hybridized carbons (Fsp3) is 0.333. The van der Waals surface area contributed by atoms with Crippen LogP contribution in [-0.2, 0) is 16.0 Å². The van der Waals surface area contributed by atoms with Crippen molar-refractivity contribution in [3.05, 3.63) is 71.8 Å². The van der Waals surface area contributed by atoms with E-state index in [0.717, 1.165) is 11.1 Å². The van der Waals surface area contributed by atoms with E-state index in [1.165, 1.54) is 4.90 Å². The summed E-state index contributed by atoms with van der Waals surface area (Å²) in [5.74, 6) is -0.179. The summed E-state index contributed by atoms with van der Waals surface area (Å²) in [6, 6.07) is 18.8. The van der Waals surface area contributed by atoms with Crippen molar-refractivity contribution in [2.24, 2.45) is 5.73 Å². The standard InChI is InChI=1S/C21H27N3O2/c1-24(2)21(26)15-19(17-11-7-4-8-12-17)23-20(25)14-18(22)13-16-9-5-3-6-10-16/h3-12,18-19H,13-15,22H2,1-2H3,(H,23,25)/t18-,19?/m0/s1. The van der Waals surface area contributed by atoms with Gasteiger partial charge in [-0.25, -0.2) is 0 Å². The Morgan fingerprint density at radius 2 is 1.54 bits per heavy atom. The number of amides is 2. The molecule has 1 unspecified atom stereocenters. The summed E-state index contributed by atoms with van der Waals surface area (Å²) < 4.78 is 0. The van der Waals surface area contributed by atoms with E-state index in [4.69, 9.17) is 5.73 Å². The molecular weight excluding hydrogens is 326 g/mol. The number of hydrogen-bond acceptors (Lipinski definition) is 3. The van der Waals surface area contributed by atoms with Crippen LogP contribution in [-0.4, -0.2) is 36.9 Å². The molecule has 0 aliphatic rings. The minimum Gasteiger partial charge on any atom is -0.349 e. The van der Waals surface area contributed by atoms with Crippen LogP contribution in [0.3, 0.4) is 0 Å². The molecule has 2 amide bonds. The minimum atomic E-state index is -0.359.